The van der Waals surface area contributed by atoms with E-state index < -0.39 is 15.8 Å². The molecule has 2 aromatic carbocycles. The van der Waals surface area contributed by atoms with E-state index in [9.17, 15) is 13.2 Å². The third kappa shape index (κ3) is 5.05. The SMILES string of the molecule is C[C@@H]1c2ccccc2CCN1C(=O)c1cc(C2CC2)n2nc(-c3ccc(N4CC[C@@H](NS(C)(=O)=O)C4)cc3F)cc2n1. The number of fused-ring (bicyclic) bond motifs is 2. The topological polar surface area (TPSA) is 99.9 Å². The Bertz CT molecular complexity index is 1820. The van der Waals surface area contributed by atoms with Crippen molar-refractivity contribution in [2.75, 3.05) is 30.8 Å². The van der Waals surface area contributed by atoms with Crippen LogP contribution in [0.25, 0.3) is 16.9 Å². The lowest BCUT2D eigenvalue weighted by Crippen LogP contribution is -2.39. The van der Waals surface area contributed by atoms with Gasteiger partial charge in [0.2, 0.25) is 10.0 Å². The number of benzene rings is 2. The second-order valence-corrected chi connectivity index (χ2v) is 13.5. The van der Waals surface area contributed by atoms with E-state index in [-0.39, 0.29) is 18.0 Å². The fraction of sp³-hybridized carbons (Fsp3) is 0.387. The second kappa shape index (κ2) is 10.2. The maximum Gasteiger partial charge on any atom is 0.273 e. The molecule has 0 bridgehead atoms. The molecule has 1 saturated carbocycles. The minimum atomic E-state index is -3.30. The van der Waals surface area contributed by atoms with E-state index in [1.54, 1.807) is 16.6 Å². The lowest BCUT2D eigenvalue weighted by Gasteiger charge is -2.35. The molecule has 1 amide bonds. The molecule has 2 aliphatic heterocycles. The lowest BCUT2D eigenvalue weighted by molar-refractivity contribution is 0.0671. The van der Waals surface area contributed by atoms with Gasteiger partial charge in [-0.1, -0.05) is 24.3 Å². The van der Waals surface area contributed by atoms with Crippen molar-refractivity contribution < 1.29 is 17.6 Å². The normalized spacial score (nSPS) is 20.7. The first-order chi connectivity index (χ1) is 20.1. The zero-order valence-corrected chi connectivity index (χ0v) is 24.4. The maximum atomic E-state index is 15.5. The molecule has 1 aliphatic carbocycles. The number of hydrogen-bond donors (Lipinski definition) is 1. The van der Waals surface area contributed by atoms with Crippen molar-refractivity contribution in [3.05, 3.63) is 82.9 Å². The molecule has 3 aliphatic rings. The molecule has 0 unspecified atom stereocenters. The number of hydrogen-bond acceptors (Lipinski definition) is 6. The number of halogens is 1. The molecule has 4 aromatic rings. The zero-order valence-electron chi connectivity index (χ0n) is 23.6. The fourth-order valence-corrected chi connectivity index (χ4v) is 7.21. The number of sulfonamides is 1. The number of carbonyl (C=O) groups excluding carboxylic acids is 1. The highest BCUT2D eigenvalue weighted by Crippen LogP contribution is 2.41. The Morgan fingerprint density at radius 2 is 1.86 bits per heavy atom. The van der Waals surface area contributed by atoms with Gasteiger partial charge in [-0.2, -0.15) is 5.10 Å². The van der Waals surface area contributed by atoms with Crippen LogP contribution in [0.3, 0.4) is 0 Å². The van der Waals surface area contributed by atoms with Crippen LogP contribution < -0.4 is 9.62 Å². The maximum absolute atomic E-state index is 15.5. The zero-order chi connectivity index (χ0) is 29.2. The minimum Gasteiger partial charge on any atom is -0.370 e. The van der Waals surface area contributed by atoms with Crippen molar-refractivity contribution in [1.29, 1.82) is 0 Å². The van der Waals surface area contributed by atoms with E-state index in [0.29, 0.717) is 60.3 Å². The van der Waals surface area contributed by atoms with Crippen molar-refractivity contribution >= 4 is 27.3 Å². The highest BCUT2D eigenvalue weighted by Gasteiger charge is 2.33. The van der Waals surface area contributed by atoms with Gasteiger partial charge in [0, 0.05) is 54.6 Å². The summed E-state index contributed by atoms with van der Waals surface area (Å²) in [7, 11) is -3.30. The van der Waals surface area contributed by atoms with Crippen LogP contribution in [0.2, 0.25) is 0 Å². The third-order valence-electron chi connectivity index (χ3n) is 8.69. The summed E-state index contributed by atoms with van der Waals surface area (Å²) in [6.07, 6.45) is 4.65. The number of amides is 1. The summed E-state index contributed by atoms with van der Waals surface area (Å²) < 4.78 is 43.1. The van der Waals surface area contributed by atoms with Gasteiger partial charge in [0.05, 0.1) is 18.0 Å². The van der Waals surface area contributed by atoms with E-state index in [1.165, 1.54) is 17.2 Å². The standard InChI is InChI=1S/C31H33FN6O3S/c1-19-24-6-4-3-5-20(24)11-14-37(19)31(39)28-16-29(21-7-8-21)38-30(33-28)17-27(34-38)25-10-9-23(15-26(25)32)36-13-12-22(18-36)35-42(2,40)41/h3-6,9-10,15-17,19,21-22,35H,7-8,11-14,18H2,1-2H3/t19-,22-/m1/s1. The van der Waals surface area contributed by atoms with E-state index in [1.807, 2.05) is 34.1 Å². The number of carbonyl (C=O) groups is 1. The summed E-state index contributed by atoms with van der Waals surface area (Å²) in [6.45, 7) is 3.80. The molecular weight excluding hydrogens is 555 g/mol. The molecule has 1 saturated heterocycles. The first kappa shape index (κ1) is 27.0. The van der Waals surface area contributed by atoms with Crippen LogP contribution in [0, 0.1) is 5.82 Å². The van der Waals surface area contributed by atoms with Crippen molar-refractivity contribution in [3.8, 4) is 11.3 Å². The Morgan fingerprint density at radius 1 is 1.05 bits per heavy atom. The van der Waals surface area contributed by atoms with Gasteiger partial charge < -0.3 is 9.80 Å². The minimum absolute atomic E-state index is 0.0500. The molecule has 42 heavy (non-hydrogen) atoms. The molecule has 2 aromatic heterocycles. The molecule has 2 atom stereocenters. The van der Waals surface area contributed by atoms with Crippen LogP contribution >= 0.6 is 0 Å². The lowest BCUT2D eigenvalue weighted by atomic mass is 9.93. The number of aromatic nitrogens is 3. The molecule has 0 radical (unpaired) electrons. The Kier molecular flexibility index (Phi) is 6.54. The average Bonchev–Trinajstić information content (AvgIpc) is 3.55. The first-order valence-electron chi connectivity index (χ1n) is 14.5. The summed E-state index contributed by atoms with van der Waals surface area (Å²) >= 11 is 0. The molecule has 0 spiro atoms. The Hall–Kier alpha value is -3.83. The van der Waals surface area contributed by atoms with Crippen LogP contribution in [0.15, 0.2) is 54.6 Å². The largest absolute Gasteiger partial charge is 0.370 e. The van der Waals surface area contributed by atoms with Gasteiger partial charge in [-0.3, -0.25) is 4.79 Å². The van der Waals surface area contributed by atoms with E-state index in [4.69, 9.17) is 10.1 Å². The predicted molar refractivity (Wildman–Crippen MR) is 159 cm³/mol. The van der Waals surface area contributed by atoms with Crippen LogP contribution in [0.5, 0.6) is 0 Å². The van der Waals surface area contributed by atoms with Crippen molar-refractivity contribution in [1.82, 2.24) is 24.2 Å². The molecule has 1 N–H and O–H groups in total. The number of anilines is 1. The number of rotatable bonds is 6. The number of nitrogens with one attached hydrogen (secondary N) is 1. The quantitative estimate of drug-likeness (QED) is 0.361. The smallest absolute Gasteiger partial charge is 0.273 e. The van der Waals surface area contributed by atoms with E-state index >= 15 is 4.39 Å². The second-order valence-electron chi connectivity index (χ2n) is 11.7. The van der Waals surface area contributed by atoms with Gasteiger partial charge in [-0.05, 0) is 68.0 Å². The van der Waals surface area contributed by atoms with Crippen molar-refractivity contribution in [2.45, 2.75) is 50.6 Å². The molecule has 11 heteroatoms. The fourth-order valence-electron chi connectivity index (χ4n) is 6.41. The monoisotopic (exact) mass is 588 g/mol. The molecule has 9 nitrogen and oxygen atoms in total. The first-order valence-corrected chi connectivity index (χ1v) is 16.4. The number of nitrogens with zero attached hydrogens (tertiary/aromatic N) is 5. The van der Waals surface area contributed by atoms with Crippen molar-refractivity contribution in [3.63, 3.8) is 0 Å². The summed E-state index contributed by atoms with van der Waals surface area (Å²) in [4.78, 5) is 22.4. The highest BCUT2D eigenvalue weighted by atomic mass is 32.2. The van der Waals surface area contributed by atoms with Gasteiger partial charge >= 0.3 is 0 Å². The Morgan fingerprint density at radius 3 is 2.62 bits per heavy atom. The van der Waals surface area contributed by atoms with Crippen LogP contribution in [-0.4, -0.2) is 65.8 Å². The average molecular weight is 589 g/mol. The molecule has 218 valence electrons. The highest BCUT2D eigenvalue weighted by molar-refractivity contribution is 7.88. The van der Waals surface area contributed by atoms with Crippen LogP contribution in [-0.2, 0) is 16.4 Å². The van der Waals surface area contributed by atoms with Crippen LogP contribution in [0.1, 0.15) is 65.5 Å². The summed E-state index contributed by atoms with van der Waals surface area (Å²) in [5.74, 6) is -0.223. The van der Waals surface area contributed by atoms with Crippen molar-refractivity contribution in [2.24, 2.45) is 0 Å². The third-order valence-corrected chi connectivity index (χ3v) is 9.45. The molecule has 7 rings (SSSR count). The summed E-state index contributed by atoms with van der Waals surface area (Å²) in [6, 6.07) is 16.6. The Labute approximate surface area is 244 Å². The predicted octanol–water partition coefficient (Wildman–Crippen LogP) is 4.30. The molecular formula is C31H33FN6O3S. The summed E-state index contributed by atoms with van der Waals surface area (Å²) in [5, 5.41) is 4.74. The van der Waals surface area contributed by atoms with Gasteiger partial charge in [-0.25, -0.2) is 27.0 Å². The van der Waals surface area contributed by atoms with Gasteiger partial charge in [0.25, 0.3) is 5.91 Å². The van der Waals surface area contributed by atoms with E-state index in [2.05, 4.69) is 23.8 Å². The molecule has 4 heterocycles. The van der Waals surface area contributed by atoms with Crippen LogP contribution in [0.4, 0.5) is 10.1 Å². The van der Waals surface area contributed by atoms with E-state index in [0.717, 1.165) is 31.2 Å². The van der Waals surface area contributed by atoms with Gasteiger partial charge in [0.15, 0.2) is 5.65 Å². The van der Waals surface area contributed by atoms with Gasteiger partial charge in [0.1, 0.15) is 11.5 Å². The van der Waals surface area contributed by atoms with Gasteiger partial charge in [-0.15, -0.1) is 0 Å². The Balaban J connectivity index is 1.18. The molecule has 2 fully saturated rings. The summed E-state index contributed by atoms with van der Waals surface area (Å²) in [5.41, 5.74) is 5.80.